The second kappa shape index (κ2) is 6.98. The monoisotopic (exact) mass is 316 g/mol. The van der Waals surface area contributed by atoms with E-state index in [0.29, 0.717) is 11.3 Å². The van der Waals surface area contributed by atoms with Crippen LogP contribution < -0.4 is 10.7 Å². The van der Waals surface area contributed by atoms with E-state index in [1.54, 1.807) is 12.1 Å². The molecule has 0 saturated heterocycles. The molecule has 0 fully saturated rings. The molecule has 0 unspecified atom stereocenters. The first-order chi connectivity index (χ1) is 11.0. The van der Waals surface area contributed by atoms with Crippen LogP contribution in [-0.2, 0) is 4.79 Å². The van der Waals surface area contributed by atoms with Gasteiger partial charge >= 0.3 is 5.88 Å². The standard InChI is InChI=1S/C14H12N4O5/c1-9(19)16-11-4-2-10(3-5-11)14(20)17-15-8-12-6-7-13(23-12)18(21)22/h2-8H,1H3,(H,16,19)(H,17,20)/b15-8-. The summed E-state index contributed by atoms with van der Waals surface area (Å²) in [4.78, 5) is 32.5. The molecular weight excluding hydrogens is 304 g/mol. The van der Waals surface area contributed by atoms with Crippen LogP contribution in [0.4, 0.5) is 11.6 Å². The van der Waals surface area contributed by atoms with Crippen LogP contribution in [-0.4, -0.2) is 23.0 Å². The average molecular weight is 316 g/mol. The zero-order valence-electron chi connectivity index (χ0n) is 12.0. The summed E-state index contributed by atoms with van der Waals surface area (Å²) in [5.41, 5.74) is 3.16. The molecule has 0 spiro atoms. The van der Waals surface area contributed by atoms with E-state index in [-0.39, 0.29) is 11.7 Å². The van der Waals surface area contributed by atoms with Crippen LogP contribution in [0, 0.1) is 10.1 Å². The molecule has 1 aromatic carbocycles. The summed E-state index contributed by atoms with van der Waals surface area (Å²) in [7, 11) is 0. The Morgan fingerprint density at radius 1 is 1.22 bits per heavy atom. The Hall–Kier alpha value is -3.49. The van der Waals surface area contributed by atoms with Crippen molar-refractivity contribution >= 4 is 29.6 Å². The molecule has 0 bridgehead atoms. The number of nitrogens with zero attached hydrogens (tertiary/aromatic N) is 2. The molecule has 2 aromatic rings. The number of benzene rings is 1. The number of hydrazone groups is 1. The van der Waals surface area contributed by atoms with Gasteiger partial charge in [0.1, 0.15) is 4.92 Å². The topological polar surface area (TPSA) is 127 Å². The smallest absolute Gasteiger partial charge is 0.400 e. The molecule has 2 rings (SSSR count). The van der Waals surface area contributed by atoms with Gasteiger partial charge in [-0.1, -0.05) is 0 Å². The van der Waals surface area contributed by atoms with Gasteiger partial charge in [0.2, 0.25) is 5.91 Å². The summed E-state index contributed by atoms with van der Waals surface area (Å²) in [5, 5.41) is 16.7. The Balaban J connectivity index is 1.94. The lowest BCUT2D eigenvalue weighted by Crippen LogP contribution is -2.17. The predicted molar refractivity (Wildman–Crippen MR) is 81.2 cm³/mol. The summed E-state index contributed by atoms with van der Waals surface area (Å²) in [5.74, 6) is -0.958. The van der Waals surface area contributed by atoms with Crippen molar-refractivity contribution in [2.24, 2.45) is 5.10 Å². The lowest BCUT2D eigenvalue weighted by molar-refractivity contribution is -0.402. The molecule has 0 aliphatic rings. The third-order valence-electron chi connectivity index (χ3n) is 2.62. The van der Waals surface area contributed by atoms with Crippen molar-refractivity contribution in [2.75, 3.05) is 5.32 Å². The van der Waals surface area contributed by atoms with Crippen LogP contribution in [0.1, 0.15) is 23.0 Å². The zero-order chi connectivity index (χ0) is 16.8. The first-order valence-corrected chi connectivity index (χ1v) is 6.41. The summed E-state index contributed by atoms with van der Waals surface area (Å²) in [6.07, 6.45) is 1.15. The van der Waals surface area contributed by atoms with Crippen molar-refractivity contribution in [2.45, 2.75) is 6.92 Å². The Morgan fingerprint density at radius 2 is 1.91 bits per heavy atom. The minimum absolute atomic E-state index is 0.137. The zero-order valence-corrected chi connectivity index (χ0v) is 12.0. The van der Waals surface area contributed by atoms with Crippen LogP contribution in [0.5, 0.6) is 0 Å². The van der Waals surface area contributed by atoms with Gasteiger partial charge in [-0.3, -0.25) is 19.7 Å². The molecule has 9 nitrogen and oxygen atoms in total. The van der Waals surface area contributed by atoms with E-state index in [0.717, 1.165) is 6.21 Å². The SMILES string of the molecule is CC(=O)Nc1ccc(C(=O)N/N=C\c2ccc([N+](=O)[O-])o2)cc1. The number of furan rings is 1. The molecule has 0 radical (unpaired) electrons. The molecule has 2 amide bonds. The number of rotatable bonds is 5. The van der Waals surface area contributed by atoms with Gasteiger partial charge in [-0.25, -0.2) is 5.43 Å². The van der Waals surface area contributed by atoms with Crippen molar-refractivity contribution in [3.63, 3.8) is 0 Å². The van der Waals surface area contributed by atoms with Crippen LogP contribution >= 0.6 is 0 Å². The number of nitro groups is 1. The molecule has 118 valence electrons. The molecule has 2 N–H and O–H groups in total. The average Bonchev–Trinajstić information content (AvgIpc) is 2.96. The van der Waals surface area contributed by atoms with Crippen molar-refractivity contribution in [1.29, 1.82) is 0 Å². The Labute approximate surface area is 130 Å². The van der Waals surface area contributed by atoms with Gasteiger partial charge < -0.3 is 9.73 Å². The summed E-state index contributed by atoms with van der Waals surface area (Å²) >= 11 is 0. The summed E-state index contributed by atoms with van der Waals surface area (Å²) in [6.45, 7) is 1.38. The number of carbonyl (C=O) groups excluding carboxylic acids is 2. The van der Waals surface area contributed by atoms with Gasteiger partial charge in [0.05, 0.1) is 12.3 Å². The van der Waals surface area contributed by atoms with Gasteiger partial charge in [-0.15, -0.1) is 0 Å². The first-order valence-electron chi connectivity index (χ1n) is 6.41. The fourth-order valence-corrected chi connectivity index (χ4v) is 1.64. The second-order valence-corrected chi connectivity index (χ2v) is 4.39. The lowest BCUT2D eigenvalue weighted by Gasteiger charge is -2.03. The molecular formula is C14H12N4O5. The number of nitrogens with one attached hydrogen (secondary N) is 2. The van der Waals surface area contributed by atoms with Crippen LogP contribution in [0.15, 0.2) is 45.9 Å². The molecule has 23 heavy (non-hydrogen) atoms. The normalized spacial score (nSPS) is 10.5. The highest BCUT2D eigenvalue weighted by atomic mass is 16.6. The number of hydrogen-bond donors (Lipinski definition) is 2. The quantitative estimate of drug-likeness (QED) is 0.495. The van der Waals surface area contributed by atoms with E-state index in [4.69, 9.17) is 4.42 Å². The predicted octanol–water partition coefficient (Wildman–Crippen LogP) is 1.91. The minimum atomic E-state index is -0.674. The molecule has 0 atom stereocenters. The van der Waals surface area contributed by atoms with Crippen LogP contribution in [0.3, 0.4) is 0 Å². The highest BCUT2D eigenvalue weighted by Gasteiger charge is 2.10. The summed E-state index contributed by atoms with van der Waals surface area (Å²) < 4.78 is 4.85. The van der Waals surface area contributed by atoms with Gasteiger partial charge in [-0.05, 0) is 30.3 Å². The van der Waals surface area contributed by atoms with Gasteiger partial charge in [0.25, 0.3) is 5.91 Å². The van der Waals surface area contributed by atoms with Crippen molar-refractivity contribution in [3.8, 4) is 0 Å². The van der Waals surface area contributed by atoms with Crippen LogP contribution in [0.2, 0.25) is 0 Å². The second-order valence-electron chi connectivity index (χ2n) is 4.39. The lowest BCUT2D eigenvalue weighted by atomic mass is 10.2. The fourth-order valence-electron chi connectivity index (χ4n) is 1.64. The van der Waals surface area contributed by atoms with Crippen molar-refractivity contribution in [3.05, 3.63) is 57.8 Å². The van der Waals surface area contributed by atoms with E-state index in [2.05, 4.69) is 15.8 Å². The molecule has 0 aliphatic carbocycles. The number of hydrogen-bond acceptors (Lipinski definition) is 6. The minimum Gasteiger partial charge on any atom is -0.400 e. The van der Waals surface area contributed by atoms with Gasteiger partial charge in [0, 0.05) is 18.2 Å². The van der Waals surface area contributed by atoms with E-state index in [9.17, 15) is 19.7 Å². The highest BCUT2D eigenvalue weighted by molar-refractivity contribution is 5.95. The maximum Gasteiger partial charge on any atom is 0.433 e. The van der Waals surface area contributed by atoms with Crippen LogP contribution in [0.25, 0.3) is 0 Å². The molecule has 9 heteroatoms. The summed E-state index contributed by atoms with van der Waals surface area (Å²) in [6, 6.07) is 8.74. The Morgan fingerprint density at radius 3 is 2.48 bits per heavy atom. The number of amides is 2. The van der Waals surface area contributed by atoms with E-state index in [1.165, 1.54) is 31.2 Å². The maximum atomic E-state index is 11.8. The fraction of sp³-hybridized carbons (Fsp3) is 0.0714. The third kappa shape index (κ3) is 4.49. The van der Waals surface area contributed by atoms with Crippen molar-refractivity contribution < 1.29 is 18.9 Å². The largest absolute Gasteiger partial charge is 0.433 e. The number of carbonyl (C=O) groups is 2. The van der Waals surface area contributed by atoms with Gasteiger partial charge in [0.15, 0.2) is 5.76 Å². The van der Waals surface area contributed by atoms with Crippen molar-refractivity contribution in [1.82, 2.24) is 5.43 Å². The molecule has 1 aromatic heterocycles. The third-order valence-corrected chi connectivity index (χ3v) is 2.62. The Bertz CT molecular complexity index is 764. The molecule has 0 aliphatic heterocycles. The molecule has 1 heterocycles. The highest BCUT2D eigenvalue weighted by Crippen LogP contribution is 2.13. The first kappa shape index (κ1) is 15.9. The Kier molecular flexibility index (Phi) is 4.82. The maximum absolute atomic E-state index is 11.8. The number of anilines is 1. The van der Waals surface area contributed by atoms with Gasteiger partial charge in [-0.2, -0.15) is 5.10 Å². The van der Waals surface area contributed by atoms with E-state index in [1.807, 2.05) is 0 Å². The van der Waals surface area contributed by atoms with E-state index >= 15 is 0 Å². The van der Waals surface area contributed by atoms with E-state index < -0.39 is 16.7 Å². The molecule has 0 saturated carbocycles.